The molecule has 0 aromatic heterocycles. The minimum absolute atomic E-state index is 0.275. The first kappa shape index (κ1) is 15.7. The predicted octanol–water partition coefficient (Wildman–Crippen LogP) is 4.03. The first-order valence-corrected chi connectivity index (χ1v) is 8.89. The van der Waals surface area contributed by atoms with Crippen LogP contribution < -0.4 is 0 Å². The fraction of sp³-hybridized carbons (Fsp3) is 0.143. The molecule has 0 N–H and O–H groups in total. The zero-order valence-electron chi connectivity index (χ0n) is 10.8. The molecular weight excluding hydrogens is 406 g/mol. The molecule has 6 heteroatoms. The van der Waals surface area contributed by atoms with E-state index in [0.717, 1.165) is 10.0 Å². The topological polar surface area (TPSA) is 37.4 Å². The van der Waals surface area contributed by atoms with Gasteiger partial charge in [0.15, 0.2) is 0 Å². The van der Waals surface area contributed by atoms with Crippen LogP contribution >= 0.6 is 31.9 Å². The molecule has 2 aromatic carbocycles. The molecule has 3 nitrogen and oxygen atoms in total. The molecule has 0 aliphatic carbocycles. The molecule has 2 rings (SSSR count). The molecule has 0 saturated heterocycles. The lowest BCUT2D eigenvalue weighted by atomic mass is 10.2. The number of hydrogen-bond donors (Lipinski definition) is 0. The van der Waals surface area contributed by atoms with E-state index in [0.29, 0.717) is 11.0 Å². The largest absolute Gasteiger partial charge is 0.244 e. The van der Waals surface area contributed by atoms with Gasteiger partial charge in [-0.1, -0.05) is 40.2 Å². The highest BCUT2D eigenvalue weighted by Crippen LogP contribution is 2.25. The van der Waals surface area contributed by atoms with Gasteiger partial charge in [0.25, 0.3) is 0 Å². The van der Waals surface area contributed by atoms with Crippen molar-refractivity contribution in [2.75, 3.05) is 7.05 Å². The Morgan fingerprint density at radius 1 is 1.05 bits per heavy atom. The van der Waals surface area contributed by atoms with Crippen molar-refractivity contribution in [3.63, 3.8) is 0 Å². The van der Waals surface area contributed by atoms with E-state index in [9.17, 15) is 8.42 Å². The zero-order valence-corrected chi connectivity index (χ0v) is 14.7. The van der Waals surface area contributed by atoms with Crippen molar-refractivity contribution in [2.24, 2.45) is 0 Å². The fourth-order valence-corrected chi connectivity index (χ4v) is 4.36. The lowest BCUT2D eigenvalue weighted by Crippen LogP contribution is -2.26. The van der Waals surface area contributed by atoms with Gasteiger partial charge in [0, 0.05) is 22.5 Å². The van der Waals surface area contributed by atoms with Crippen molar-refractivity contribution in [3.8, 4) is 0 Å². The van der Waals surface area contributed by atoms with Gasteiger partial charge in [0.1, 0.15) is 0 Å². The Morgan fingerprint density at radius 2 is 1.75 bits per heavy atom. The lowest BCUT2D eigenvalue weighted by Gasteiger charge is -2.18. The Hall–Kier alpha value is -0.690. The van der Waals surface area contributed by atoms with E-state index < -0.39 is 10.0 Å². The Kier molecular flexibility index (Phi) is 5.01. The molecule has 0 aliphatic heterocycles. The molecule has 0 saturated carbocycles. The van der Waals surface area contributed by atoms with Crippen LogP contribution in [0.1, 0.15) is 5.56 Å². The molecule has 106 valence electrons. The van der Waals surface area contributed by atoms with Crippen LogP contribution in [0.2, 0.25) is 0 Å². The van der Waals surface area contributed by atoms with Gasteiger partial charge >= 0.3 is 0 Å². The first-order chi connectivity index (χ1) is 9.41. The first-order valence-electron chi connectivity index (χ1n) is 5.86. The van der Waals surface area contributed by atoms with Crippen molar-refractivity contribution >= 4 is 41.9 Å². The SMILES string of the molecule is CN(Cc1cccc(Br)c1)S(=O)(=O)c1ccccc1Br. The van der Waals surface area contributed by atoms with Gasteiger partial charge in [-0.25, -0.2) is 8.42 Å². The average Bonchev–Trinajstić information content (AvgIpc) is 2.39. The Morgan fingerprint density at radius 3 is 2.40 bits per heavy atom. The van der Waals surface area contributed by atoms with E-state index in [1.54, 1.807) is 31.3 Å². The Bertz CT molecular complexity index is 717. The normalized spacial score (nSPS) is 11.8. The molecule has 0 spiro atoms. The average molecular weight is 419 g/mol. The van der Waals surface area contributed by atoms with E-state index in [1.807, 2.05) is 24.3 Å². The molecule has 0 atom stereocenters. The second-order valence-corrected chi connectivity index (χ2v) is 8.10. The van der Waals surface area contributed by atoms with E-state index >= 15 is 0 Å². The predicted molar refractivity (Wildman–Crippen MR) is 86.9 cm³/mol. The second-order valence-electron chi connectivity index (χ2n) is 4.32. The van der Waals surface area contributed by atoms with Gasteiger partial charge in [-0.2, -0.15) is 4.31 Å². The number of benzene rings is 2. The van der Waals surface area contributed by atoms with Crippen molar-refractivity contribution in [3.05, 3.63) is 63.0 Å². The third-order valence-corrected chi connectivity index (χ3v) is 6.13. The van der Waals surface area contributed by atoms with Crippen LogP contribution in [0.3, 0.4) is 0 Å². The van der Waals surface area contributed by atoms with E-state index in [-0.39, 0.29) is 4.90 Å². The van der Waals surface area contributed by atoms with Gasteiger partial charge in [-0.15, -0.1) is 0 Å². The van der Waals surface area contributed by atoms with E-state index in [2.05, 4.69) is 31.9 Å². The van der Waals surface area contributed by atoms with Gasteiger partial charge < -0.3 is 0 Å². The highest BCUT2D eigenvalue weighted by molar-refractivity contribution is 9.10. The molecule has 20 heavy (non-hydrogen) atoms. The highest BCUT2D eigenvalue weighted by atomic mass is 79.9. The standard InChI is InChI=1S/C14H13Br2NO2S/c1-17(10-11-5-4-6-12(15)9-11)20(18,19)14-8-3-2-7-13(14)16/h2-9H,10H2,1H3. The lowest BCUT2D eigenvalue weighted by molar-refractivity contribution is 0.466. The number of hydrogen-bond acceptors (Lipinski definition) is 2. The van der Waals surface area contributed by atoms with Gasteiger partial charge in [-0.05, 0) is 45.8 Å². The maximum absolute atomic E-state index is 12.5. The molecule has 0 heterocycles. The quantitative estimate of drug-likeness (QED) is 0.751. The van der Waals surface area contributed by atoms with Crippen LogP contribution in [0.4, 0.5) is 0 Å². The monoisotopic (exact) mass is 417 g/mol. The zero-order chi connectivity index (χ0) is 14.8. The van der Waals surface area contributed by atoms with Crippen LogP contribution in [0, 0.1) is 0 Å². The number of rotatable bonds is 4. The summed E-state index contributed by atoms with van der Waals surface area (Å²) in [6.07, 6.45) is 0. The van der Waals surface area contributed by atoms with Gasteiger partial charge in [0.05, 0.1) is 4.90 Å². The molecular formula is C14H13Br2NO2S. The molecule has 2 aromatic rings. The summed E-state index contributed by atoms with van der Waals surface area (Å²) in [6, 6.07) is 14.4. The van der Waals surface area contributed by atoms with E-state index in [4.69, 9.17) is 0 Å². The molecule has 0 bridgehead atoms. The minimum Gasteiger partial charge on any atom is -0.207 e. The number of nitrogens with zero attached hydrogens (tertiary/aromatic N) is 1. The van der Waals surface area contributed by atoms with E-state index in [1.165, 1.54) is 4.31 Å². The van der Waals surface area contributed by atoms with Crippen molar-refractivity contribution in [1.82, 2.24) is 4.31 Å². The minimum atomic E-state index is -3.51. The third-order valence-electron chi connectivity index (χ3n) is 2.82. The van der Waals surface area contributed by atoms with Crippen LogP contribution in [-0.2, 0) is 16.6 Å². The summed E-state index contributed by atoms with van der Waals surface area (Å²) in [5, 5.41) is 0. The van der Waals surface area contributed by atoms with Crippen LogP contribution in [0.15, 0.2) is 62.4 Å². The van der Waals surface area contributed by atoms with Gasteiger partial charge in [-0.3, -0.25) is 0 Å². The second kappa shape index (κ2) is 6.39. The summed E-state index contributed by atoms with van der Waals surface area (Å²) in [4.78, 5) is 0.275. The molecule has 0 amide bonds. The molecule has 0 fully saturated rings. The van der Waals surface area contributed by atoms with Crippen LogP contribution in [0.5, 0.6) is 0 Å². The Balaban J connectivity index is 2.29. The summed E-state index contributed by atoms with van der Waals surface area (Å²) in [5.41, 5.74) is 0.928. The summed E-state index contributed by atoms with van der Waals surface area (Å²) < 4.78 is 27.9. The summed E-state index contributed by atoms with van der Waals surface area (Å²) >= 11 is 6.67. The summed E-state index contributed by atoms with van der Waals surface area (Å²) in [7, 11) is -1.93. The van der Waals surface area contributed by atoms with Crippen molar-refractivity contribution < 1.29 is 8.42 Å². The maximum Gasteiger partial charge on any atom is 0.244 e. The summed E-state index contributed by atoms with van der Waals surface area (Å²) in [6.45, 7) is 0.323. The fourth-order valence-electron chi connectivity index (χ4n) is 1.80. The van der Waals surface area contributed by atoms with Gasteiger partial charge in [0.2, 0.25) is 10.0 Å². The summed E-state index contributed by atoms with van der Waals surface area (Å²) in [5.74, 6) is 0. The molecule has 0 unspecified atom stereocenters. The van der Waals surface area contributed by atoms with Crippen LogP contribution in [0.25, 0.3) is 0 Å². The number of halogens is 2. The molecule has 0 aliphatic rings. The molecule has 0 radical (unpaired) electrons. The Labute approximate surface area is 135 Å². The maximum atomic E-state index is 12.5. The number of sulfonamides is 1. The van der Waals surface area contributed by atoms with Crippen molar-refractivity contribution in [1.29, 1.82) is 0 Å². The smallest absolute Gasteiger partial charge is 0.207 e. The highest BCUT2D eigenvalue weighted by Gasteiger charge is 2.23. The third kappa shape index (κ3) is 3.49. The van der Waals surface area contributed by atoms with Crippen molar-refractivity contribution in [2.45, 2.75) is 11.4 Å². The van der Waals surface area contributed by atoms with Crippen LogP contribution in [-0.4, -0.2) is 19.8 Å².